The van der Waals surface area contributed by atoms with Crippen molar-refractivity contribution in [2.75, 3.05) is 18.5 Å². The Morgan fingerprint density at radius 1 is 1.16 bits per heavy atom. The molecule has 0 bridgehead atoms. The van der Waals surface area contributed by atoms with E-state index in [0.717, 1.165) is 12.0 Å². The van der Waals surface area contributed by atoms with E-state index in [1.165, 1.54) is 29.0 Å². The summed E-state index contributed by atoms with van der Waals surface area (Å²) in [7, 11) is 0. The lowest BCUT2D eigenvalue weighted by Crippen LogP contribution is -2.10. The maximum absolute atomic E-state index is 14.2. The predicted molar refractivity (Wildman–Crippen MR) is 115 cm³/mol. The number of hydrogen-bond donors (Lipinski definition) is 1. The van der Waals surface area contributed by atoms with Gasteiger partial charge in [0.25, 0.3) is 0 Å². The number of amides is 1. The first-order valence-corrected chi connectivity index (χ1v) is 9.95. The lowest BCUT2D eigenvalue weighted by atomic mass is 10.2. The highest BCUT2D eigenvalue weighted by atomic mass is 19.1. The molecule has 0 aliphatic heterocycles. The maximum atomic E-state index is 14.2. The molecule has 1 heterocycles. The molecule has 0 atom stereocenters. The van der Waals surface area contributed by atoms with Gasteiger partial charge >= 0.3 is 0 Å². The van der Waals surface area contributed by atoms with E-state index in [1.807, 2.05) is 19.9 Å². The number of tetrazole rings is 1. The first-order valence-electron chi connectivity index (χ1n) is 9.95. The van der Waals surface area contributed by atoms with Crippen LogP contribution in [0.2, 0.25) is 0 Å². The monoisotopic (exact) mass is 425 g/mol. The molecule has 3 rings (SSSR count). The first kappa shape index (κ1) is 21.9. The summed E-state index contributed by atoms with van der Waals surface area (Å²) in [5, 5.41) is 13.8. The van der Waals surface area contributed by atoms with Crippen LogP contribution in [0, 0.1) is 12.7 Å². The van der Waals surface area contributed by atoms with Gasteiger partial charge in [0.05, 0.1) is 24.6 Å². The molecule has 1 N–H and O–H groups in total. The van der Waals surface area contributed by atoms with Crippen LogP contribution in [0.15, 0.2) is 42.5 Å². The van der Waals surface area contributed by atoms with E-state index in [9.17, 15) is 9.18 Å². The van der Waals surface area contributed by atoms with Gasteiger partial charge in [-0.3, -0.25) is 4.79 Å². The van der Waals surface area contributed by atoms with Gasteiger partial charge in [0.15, 0.2) is 17.3 Å². The number of rotatable bonds is 9. The molecule has 0 radical (unpaired) electrons. The number of anilines is 1. The third-order valence-electron chi connectivity index (χ3n) is 4.23. The number of carbonyl (C=O) groups excluding carboxylic acids is 1. The minimum atomic E-state index is -0.563. The molecule has 0 unspecified atom stereocenters. The highest BCUT2D eigenvalue weighted by molar-refractivity contribution is 6.02. The zero-order valence-electron chi connectivity index (χ0n) is 17.6. The summed E-state index contributed by atoms with van der Waals surface area (Å²) in [5.41, 5.74) is 1.31. The van der Waals surface area contributed by atoms with Crippen molar-refractivity contribution in [1.82, 2.24) is 20.2 Å². The lowest BCUT2D eigenvalue weighted by Gasteiger charge is -2.12. The number of nitrogens with zero attached hydrogens (tertiary/aromatic N) is 4. The number of aryl methyl sites for hydroxylation is 1. The van der Waals surface area contributed by atoms with Gasteiger partial charge in [0.1, 0.15) is 5.82 Å². The summed E-state index contributed by atoms with van der Waals surface area (Å²) < 4.78 is 26.9. The Balaban J connectivity index is 1.73. The largest absolute Gasteiger partial charge is 0.490 e. The third-order valence-corrected chi connectivity index (χ3v) is 4.23. The number of nitrogens with one attached hydrogen (secondary N) is 1. The molecule has 1 aromatic heterocycles. The minimum Gasteiger partial charge on any atom is -0.490 e. The average molecular weight is 425 g/mol. The lowest BCUT2D eigenvalue weighted by molar-refractivity contribution is -0.111. The molecule has 0 fully saturated rings. The minimum absolute atomic E-state index is 0.0281. The molecule has 2 aromatic carbocycles. The molecule has 0 saturated heterocycles. The molecule has 162 valence electrons. The Bertz CT molecular complexity index is 1080. The molecule has 3 aromatic rings. The van der Waals surface area contributed by atoms with Crippen LogP contribution in [0.3, 0.4) is 0 Å². The van der Waals surface area contributed by atoms with E-state index in [-0.39, 0.29) is 5.69 Å². The van der Waals surface area contributed by atoms with Gasteiger partial charge < -0.3 is 14.8 Å². The summed E-state index contributed by atoms with van der Waals surface area (Å²) in [4.78, 5) is 12.4. The molecule has 31 heavy (non-hydrogen) atoms. The first-order chi connectivity index (χ1) is 15.0. The van der Waals surface area contributed by atoms with Crippen LogP contribution in [0.1, 0.15) is 31.7 Å². The van der Waals surface area contributed by atoms with E-state index in [2.05, 4.69) is 20.8 Å². The van der Waals surface area contributed by atoms with Crippen LogP contribution >= 0.6 is 0 Å². The quantitative estimate of drug-likeness (QED) is 0.522. The van der Waals surface area contributed by atoms with Gasteiger partial charge in [-0.15, -0.1) is 5.10 Å². The smallest absolute Gasteiger partial charge is 0.248 e. The van der Waals surface area contributed by atoms with Crippen molar-refractivity contribution < 1.29 is 18.7 Å². The topological polar surface area (TPSA) is 91.2 Å². The number of halogens is 1. The SMILES string of the molecule is CCCOc1ccc(/C=C/C(=O)Nc2cc(-n3nnnc3C)ccc2F)cc1OCC. The van der Waals surface area contributed by atoms with Gasteiger partial charge in [0.2, 0.25) is 5.91 Å². The van der Waals surface area contributed by atoms with Crippen molar-refractivity contribution >= 4 is 17.7 Å². The number of hydrogen-bond acceptors (Lipinski definition) is 6. The highest BCUT2D eigenvalue weighted by Crippen LogP contribution is 2.29. The Labute approximate surface area is 179 Å². The Morgan fingerprint density at radius 2 is 2.00 bits per heavy atom. The molecular weight excluding hydrogens is 401 g/mol. The van der Waals surface area contributed by atoms with Crippen LogP contribution in [-0.4, -0.2) is 39.3 Å². The van der Waals surface area contributed by atoms with Gasteiger partial charge in [-0.05, 0) is 72.7 Å². The molecule has 0 spiro atoms. The van der Waals surface area contributed by atoms with E-state index in [0.29, 0.717) is 36.2 Å². The zero-order chi connectivity index (χ0) is 22.2. The third kappa shape index (κ3) is 5.65. The normalized spacial score (nSPS) is 11.0. The molecule has 1 amide bonds. The average Bonchev–Trinajstić information content (AvgIpc) is 3.19. The number of aromatic nitrogens is 4. The number of ether oxygens (including phenoxy) is 2. The summed E-state index contributed by atoms with van der Waals surface area (Å²) in [5.74, 6) is 0.762. The fraction of sp³-hybridized carbons (Fsp3) is 0.273. The molecule has 0 aliphatic carbocycles. The van der Waals surface area contributed by atoms with E-state index < -0.39 is 11.7 Å². The van der Waals surface area contributed by atoms with Gasteiger partial charge in [-0.1, -0.05) is 13.0 Å². The van der Waals surface area contributed by atoms with Gasteiger partial charge in [-0.2, -0.15) is 4.68 Å². The van der Waals surface area contributed by atoms with Crippen LogP contribution in [0.5, 0.6) is 11.5 Å². The Kier molecular flexibility index (Phi) is 7.31. The van der Waals surface area contributed by atoms with Crippen molar-refractivity contribution in [2.24, 2.45) is 0 Å². The summed E-state index contributed by atoms with van der Waals surface area (Å²) in [6.07, 6.45) is 3.83. The second kappa shape index (κ2) is 10.3. The van der Waals surface area contributed by atoms with Crippen molar-refractivity contribution in [3.05, 3.63) is 59.7 Å². The summed E-state index contributed by atoms with van der Waals surface area (Å²) in [6, 6.07) is 9.66. The van der Waals surface area contributed by atoms with Crippen molar-refractivity contribution in [3.8, 4) is 17.2 Å². The van der Waals surface area contributed by atoms with E-state index in [1.54, 1.807) is 25.1 Å². The zero-order valence-corrected chi connectivity index (χ0v) is 17.6. The van der Waals surface area contributed by atoms with Gasteiger partial charge in [0, 0.05) is 6.08 Å². The van der Waals surface area contributed by atoms with Crippen molar-refractivity contribution in [1.29, 1.82) is 0 Å². The second-order valence-corrected chi connectivity index (χ2v) is 6.61. The van der Waals surface area contributed by atoms with Crippen LogP contribution in [0.4, 0.5) is 10.1 Å². The fourth-order valence-electron chi connectivity index (χ4n) is 2.79. The van der Waals surface area contributed by atoms with Gasteiger partial charge in [-0.25, -0.2) is 4.39 Å². The fourth-order valence-corrected chi connectivity index (χ4v) is 2.79. The van der Waals surface area contributed by atoms with Crippen LogP contribution < -0.4 is 14.8 Å². The summed E-state index contributed by atoms with van der Waals surface area (Å²) >= 11 is 0. The Hall–Kier alpha value is -3.75. The van der Waals surface area contributed by atoms with Crippen molar-refractivity contribution in [3.63, 3.8) is 0 Å². The molecule has 9 heteroatoms. The summed E-state index contributed by atoms with van der Waals surface area (Å²) in [6.45, 7) is 6.72. The molecule has 8 nitrogen and oxygen atoms in total. The molecular formula is C22H24FN5O3. The molecule has 0 aliphatic rings. The van der Waals surface area contributed by atoms with Crippen LogP contribution in [-0.2, 0) is 4.79 Å². The van der Waals surface area contributed by atoms with E-state index >= 15 is 0 Å². The molecule has 0 saturated carbocycles. The maximum Gasteiger partial charge on any atom is 0.248 e. The number of carbonyl (C=O) groups is 1. The Morgan fingerprint density at radius 3 is 2.71 bits per heavy atom. The van der Waals surface area contributed by atoms with Crippen molar-refractivity contribution in [2.45, 2.75) is 27.2 Å². The standard InChI is InChI=1S/C22H24FN5O3/c1-4-12-31-20-10-6-16(13-21(20)30-5-2)7-11-22(29)24-19-14-17(8-9-18(19)23)28-15(3)25-26-27-28/h6-11,13-14H,4-5,12H2,1-3H3,(H,24,29)/b11-7+. The number of benzene rings is 2. The van der Waals surface area contributed by atoms with E-state index in [4.69, 9.17) is 9.47 Å². The van der Waals surface area contributed by atoms with Crippen LogP contribution in [0.25, 0.3) is 11.8 Å². The predicted octanol–water partition coefficient (Wildman–Crippen LogP) is 3.95. The second-order valence-electron chi connectivity index (χ2n) is 6.61. The highest BCUT2D eigenvalue weighted by Gasteiger charge is 2.10.